The van der Waals surface area contributed by atoms with Crippen molar-refractivity contribution in [3.8, 4) is 0 Å². The maximum atomic E-state index is 10.9. The molecule has 0 amide bonds. The van der Waals surface area contributed by atoms with E-state index < -0.39 is 4.92 Å². The van der Waals surface area contributed by atoms with Crippen molar-refractivity contribution in [2.75, 3.05) is 5.73 Å². The number of fused-ring (bicyclic) bond motifs is 1. The van der Waals surface area contributed by atoms with Crippen molar-refractivity contribution in [2.24, 2.45) is 0 Å². The number of hydrogen-bond acceptors (Lipinski definition) is 4. The van der Waals surface area contributed by atoms with Crippen LogP contribution in [0.3, 0.4) is 0 Å². The van der Waals surface area contributed by atoms with E-state index in [9.17, 15) is 10.1 Å². The van der Waals surface area contributed by atoms with Crippen molar-refractivity contribution < 1.29 is 4.92 Å². The molecule has 0 saturated heterocycles. The van der Waals surface area contributed by atoms with Crippen LogP contribution < -0.4 is 5.73 Å². The van der Waals surface area contributed by atoms with Gasteiger partial charge in [-0.1, -0.05) is 24.3 Å². The van der Waals surface area contributed by atoms with E-state index in [-0.39, 0.29) is 11.4 Å². The van der Waals surface area contributed by atoms with Crippen LogP contribution >= 0.6 is 0 Å². The van der Waals surface area contributed by atoms with Gasteiger partial charge in [0.1, 0.15) is 5.69 Å². The van der Waals surface area contributed by atoms with E-state index in [1.54, 1.807) is 18.3 Å². The van der Waals surface area contributed by atoms with Gasteiger partial charge < -0.3 is 5.73 Å². The van der Waals surface area contributed by atoms with Gasteiger partial charge in [-0.2, -0.15) is 5.10 Å². The summed E-state index contributed by atoms with van der Waals surface area (Å²) in [6.07, 6.45) is 1.78. The third kappa shape index (κ3) is 2.07. The van der Waals surface area contributed by atoms with Crippen molar-refractivity contribution in [3.63, 3.8) is 0 Å². The first kappa shape index (κ1) is 12.2. The highest BCUT2D eigenvalue weighted by Crippen LogP contribution is 2.23. The van der Waals surface area contributed by atoms with E-state index in [1.165, 1.54) is 6.07 Å². The Labute approximate surface area is 114 Å². The Morgan fingerprint density at radius 2 is 2.05 bits per heavy atom. The number of nitrogen functional groups attached to an aromatic ring is 1. The van der Waals surface area contributed by atoms with Gasteiger partial charge in [0.25, 0.3) is 5.69 Å². The highest BCUT2D eigenvalue weighted by Gasteiger charge is 2.12. The van der Waals surface area contributed by atoms with Crippen molar-refractivity contribution in [2.45, 2.75) is 6.54 Å². The largest absolute Gasteiger partial charge is 0.393 e. The molecule has 2 aromatic carbocycles. The van der Waals surface area contributed by atoms with Gasteiger partial charge in [0.15, 0.2) is 0 Å². The van der Waals surface area contributed by atoms with Crippen LogP contribution in [-0.2, 0) is 6.54 Å². The zero-order valence-electron chi connectivity index (χ0n) is 10.6. The van der Waals surface area contributed by atoms with E-state index in [0.29, 0.717) is 6.54 Å². The van der Waals surface area contributed by atoms with Gasteiger partial charge in [-0.05, 0) is 17.7 Å². The first-order valence-corrected chi connectivity index (χ1v) is 6.08. The monoisotopic (exact) mass is 268 g/mol. The second-order valence-corrected chi connectivity index (χ2v) is 4.51. The van der Waals surface area contributed by atoms with Crippen LogP contribution in [0.1, 0.15) is 5.56 Å². The summed E-state index contributed by atoms with van der Waals surface area (Å²) in [5.41, 5.74) is 7.47. The average molecular weight is 268 g/mol. The fraction of sp³-hybridized carbons (Fsp3) is 0.0714. The quantitative estimate of drug-likeness (QED) is 0.449. The smallest absolute Gasteiger partial charge is 0.292 e. The number of anilines is 1. The minimum absolute atomic E-state index is 0.0704. The van der Waals surface area contributed by atoms with E-state index in [4.69, 9.17) is 5.73 Å². The predicted octanol–water partition coefficient (Wildman–Crippen LogP) is 2.58. The number of benzene rings is 2. The molecule has 2 N–H and O–H groups in total. The van der Waals surface area contributed by atoms with Gasteiger partial charge in [0, 0.05) is 11.5 Å². The third-order valence-electron chi connectivity index (χ3n) is 3.17. The normalized spacial score (nSPS) is 10.8. The Hall–Kier alpha value is -2.89. The topological polar surface area (TPSA) is 87.0 Å². The van der Waals surface area contributed by atoms with Gasteiger partial charge in [0.2, 0.25) is 0 Å². The van der Waals surface area contributed by atoms with Gasteiger partial charge in [-0.15, -0.1) is 0 Å². The lowest BCUT2D eigenvalue weighted by atomic mass is 10.1. The van der Waals surface area contributed by atoms with E-state index >= 15 is 0 Å². The Morgan fingerprint density at radius 1 is 1.25 bits per heavy atom. The molecule has 0 aliphatic rings. The van der Waals surface area contributed by atoms with E-state index in [0.717, 1.165) is 16.5 Å². The first-order valence-electron chi connectivity index (χ1n) is 6.08. The second-order valence-electron chi connectivity index (χ2n) is 4.51. The summed E-state index contributed by atoms with van der Waals surface area (Å²) in [7, 11) is 0. The molecule has 0 bridgehead atoms. The van der Waals surface area contributed by atoms with Crippen LogP contribution in [0.4, 0.5) is 11.4 Å². The van der Waals surface area contributed by atoms with Crippen LogP contribution in [0.15, 0.2) is 48.7 Å². The molecule has 0 fully saturated rings. The van der Waals surface area contributed by atoms with Crippen LogP contribution in [-0.4, -0.2) is 14.7 Å². The predicted molar refractivity (Wildman–Crippen MR) is 76.3 cm³/mol. The Balaban J connectivity index is 1.99. The molecule has 0 saturated carbocycles. The number of rotatable bonds is 3. The first-order chi connectivity index (χ1) is 9.65. The number of aromatic nitrogens is 2. The summed E-state index contributed by atoms with van der Waals surface area (Å²) in [5, 5.41) is 16.2. The van der Waals surface area contributed by atoms with Crippen molar-refractivity contribution >= 4 is 22.3 Å². The molecular weight excluding hydrogens is 256 g/mol. The lowest BCUT2D eigenvalue weighted by Gasteiger charge is -2.05. The average Bonchev–Trinajstić information content (AvgIpc) is 2.84. The molecule has 1 aromatic heterocycles. The van der Waals surface area contributed by atoms with E-state index in [1.807, 2.05) is 28.9 Å². The molecule has 6 heteroatoms. The fourth-order valence-corrected chi connectivity index (χ4v) is 2.17. The summed E-state index contributed by atoms with van der Waals surface area (Å²) < 4.78 is 1.81. The molecule has 0 radical (unpaired) electrons. The van der Waals surface area contributed by atoms with Gasteiger partial charge >= 0.3 is 0 Å². The van der Waals surface area contributed by atoms with Crippen molar-refractivity contribution in [1.29, 1.82) is 0 Å². The van der Waals surface area contributed by atoms with Crippen molar-refractivity contribution in [3.05, 3.63) is 64.3 Å². The summed E-state index contributed by atoms with van der Waals surface area (Å²) >= 11 is 0. The molecule has 0 aliphatic heterocycles. The minimum atomic E-state index is -0.472. The van der Waals surface area contributed by atoms with E-state index in [2.05, 4.69) is 5.10 Å². The molecule has 0 spiro atoms. The fourth-order valence-electron chi connectivity index (χ4n) is 2.17. The van der Waals surface area contributed by atoms with Crippen LogP contribution in [0.25, 0.3) is 10.9 Å². The van der Waals surface area contributed by atoms with Crippen LogP contribution in [0, 0.1) is 10.1 Å². The molecule has 1 heterocycles. The summed E-state index contributed by atoms with van der Waals surface area (Å²) in [6, 6.07) is 12.6. The molecule has 0 aliphatic carbocycles. The Bertz CT molecular complexity index is 795. The number of nitrogens with two attached hydrogens (primary N) is 1. The summed E-state index contributed by atoms with van der Waals surface area (Å²) in [6.45, 7) is 0.467. The number of nitro benzene ring substituents is 1. The Morgan fingerprint density at radius 3 is 2.85 bits per heavy atom. The zero-order valence-corrected chi connectivity index (χ0v) is 10.6. The van der Waals surface area contributed by atoms with Crippen LogP contribution in [0.5, 0.6) is 0 Å². The molecule has 6 nitrogen and oxygen atoms in total. The Kier molecular flexibility index (Phi) is 2.83. The number of nitro groups is 1. The zero-order chi connectivity index (χ0) is 14.1. The molecule has 100 valence electrons. The molecule has 3 aromatic rings. The van der Waals surface area contributed by atoms with Crippen LogP contribution in [0.2, 0.25) is 0 Å². The summed E-state index contributed by atoms with van der Waals surface area (Å²) in [5.74, 6) is 0. The highest BCUT2D eigenvalue weighted by atomic mass is 16.6. The summed E-state index contributed by atoms with van der Waals surface area (Å²) in [4.78, 5) is 10.4. The lowest BCUT2D eigenvalue weighted by molar-refractivity contribution is -0.384. The minimum Gasteiger partial charge on any atom is -0.393 e. The maximum Gasteiger partial charge on any atom is 0.292 e. The van der Waals surface area contributed by atoms with Gasteiger partial charge in [-0.3, -0.25) is 14.8 Å². The maximum absolute atomic E-state index is 10.9. The lowest BCUT2D eigenvalue weighted by Crippen LogP contribution is -2.03. The standard InChI is InChI=1S/C14H12N4O2/c15-12-6-5-10(7-14(12)18(19)20)9-17-13-4-2-1-3-11(13)8-16-17/h1-8H,9,15H2. The second kappa shape index (κ2) is 4.65. The van der Waals surface area contributed by atoms with Gasteiger partial charge in [0.05, 0.1) is 23.2 Å². The number of nitrogens with zero attached hydrogens (tertiary/aromatic N) is 3. The molecule has 20 heavy (non-hydrogen) atoms. The number of para-hydroxylation sites is 1. The number of hydrogen-bond donors (Lipinski definition) is 1. The highest BCUT2D eigenvalue weighted by molar-refractivity contribution is 5.78. The SMILES string of the molecule is Nc1ccc(Cn2ncc3ccccc32)cc1[N+](=O)[O-]. The molecule has 0 unspecified atom stereocenters. The third-order valence-corrected chi connectivity index (χ3v) is 3.17. The molecule has 3 rings (SSSR count). The molecular formula is C14H12N4O2. The van der Waals surface area contributed by atoms with Gasteiger partial charge in [-0.25, -0.2) is 0 Å². The molecule has 0 atom stereocenters. The van der Waals surface area contributed by atoms with Crippen molar-refractivity contribution in [1.82, 2.24) is 9.78 Å².